The first-order valence-electron chi connectivity index (χ1n) is 3.95. The lowest BCUT2D eigenvalue weighted by Crippen LogP contribution is -1.73. The number of rotatable bonds is 1. The Balaban J connectivity index is 0.000000561. The van der Waals surface area contributed by atoms with Crippen LogP contribution in [0, 0.1) is 5.41 Å². The predicted octanol–water partition coefficient (Wildman–Crippen LogP) is 2.04. The van der Waals surface area contributed by atoms with E-state index in [-0.39, 0.29) is 0 Å². The van der Waals surface area contributed by atoms with Gasteiger partial charge in [0, 0.05) is 6.21 Å². The summed E-state index contributed by atoms with van der Waals surface area (Å²) in [5.74, 6) is 0. The molecule has 12 heavy (non-hydrogen) atoms. The van der Waals surface area contributed by atoms with Crippen LogP contribution < -0.4 is 5.73 Å². The summed E-state index contributed by atoms with van der Waals surface area (Å²) in [6, 6.07) is 0. The molecule has 0 heterocycles. The van der Waals surface area contributed by atoms with E-state index in [2.05, 4.69) is 24.8 Å². The van der Waals surface area contributed by atoms with Gasteiger partial charge in [0.05, 0.1) is 0 Å². The van der Waals surface area contributed by atoms with E-state index < -0.39 is 0 Å². The minimum Gasteiger partial charge on any atom is -0.333 e. The molecule has 0 atom stereocenters. The zero-order chi connectivity index (χ0) is 9.40. The number of hydrogen-bond acceptors (Lipinski definition) is 2. The van der Waals surface area contributed by atoms with Gasteiger partial charge in [-0.1, -0.05) is 29.9 Å². The molecule has 0 fully saturated rings. The molecule has 2 heteroatoms. The van der Waals surface area contributed by atoms with Crippen LogP contribution in [0.1, 0.15) is 13.3 Å². The lowest BCUT2D eigenvalue weighted by atomic mass is 10.2. The zero-order valence-electron chi connectivity index (χ0n) is 7.67. The predicted molar refractivity (Wildman–Crippen MR) is 54.5 cm³/mol. The summed E-state index contributed by atoms with van der Waals surface area (Å²) >= 11 is 0. The van der Waals surface area contributed by atoms with Gasteiger partial charge in [-0.2, -0.15) is 0 Å². The second-order valence-corrected chi connectivity index (χ2v) is 2.43. The van der Waals surface area contributed by atoms with Crippen LogP contribution >= 0.6 is 0 Å². The van der Waals surface area contributed by atoms with E-state index >= 15 is 0 Å². The average Bonchev–Trinajstić information content (AvgIpc) is 2.33. The lowest BCUT2D eigenvalue weighted by molar-refractivity contribution is 1.22. The van der Waals surface area contributed by atoms with E-state index in [1.165, 1.54) is 18.8 Å². The van der Waals surface area contributed by atoms with Crippen LogP contribution in [0.15, 0.2) is 35.5 Å². The van der Waals surface area contributed by atoms with Crippen LogP contribution in [0.3, 0.4) is 0 Å². The molecule has 1 aliphatic carbocycles. The third-order valence-electron chi connectivity index (χ3n) is 1.48. The Bertz CT molecular complexity index is 222. The molecule has 0 aliphatic heterocycles. The minimum atomic E-state index is 0.969. The van der Waals surface area contributed by atoms with E-state index in [0.717, 1.165) is 12.0 Å². The number of nitrogens with one attached hydrogen (secondary N) is 1. The molecule has 0 aromatic heterocycles. The number of nitrogens with two attached hydrogens (primary N) is 1. The molecule has 1 rings (SSSR count). The first-order chi connectivity index (χ1) is 5.83. The number of allylic oxidation sites excluding steroid dienone is 6. The molecule has 2 nitrogen and oxygen atoms in total. The quantitative estimate of drug-likeness (QED) is 0.572. The van der Waals surface area contributed by atoms with Crippen LogP contribution in [-0.4, -0.2) is 13.3 Å². The van der Waals surface area contributed by atoms with E-state index in [1.54, 1.807) is 0 Å². The summed E-state index contributed by atoms with van der Waals surface area (Å²) in [5, 5.41) is 6.99. The van der Waals surface area contributed by atoms with Gasteiger partial charge in [0.1, 0.15) is 0 Å². The van der Waals surface area contributed by atoms with Gasteiger partial charge in [0.15, 0.2) is 0 Å². The summed E-state index contributed by atoms with van der Waals surface area (Å²) in [7, 11) is 1.50. The first kappa shape index (κ1) is 10.8. The fourth-order valence-corrected chi connectivity index (χ4v) is 0.839. The largest absolute Gasteiger partial charge is 0.333 e. The topological polar surface area (TPSA) is 49.9 Å². The molecule has 0 aromatic rings. The van der Waals surface area contributed by atoms with Crippen molar-refractivity contribution in [2.24, 2.45) is 5.73 Å². The summed E-state index contributed by atoms with van der Waals surface area (Å²) in [6.45, 7) is 2.09. The average molecular weight is 164 g/mol. The lowest BCUT2D eigenvalue weighted by Gasteiger charge is -1.86. The van der Waals surface area contributed by atoms with Gasteiger partial charge in [-0.15, -0.1) is 0 Å². The van der Waals surface area contributed by atoms with Crippen molar-refractivity contribution in [2.45, 2.75) is 13.3 Å². The van der Waals surface area contributed by atoms with Crippen molar-refractivity contribution in [2.75, 3.05) is 7.05 Å². The number of hydrogen-bond donors (Lipinski definition) is 2. The summed E-state index contributed by atoms with van der Waals surface area (Å²) < 4.78 is 0. The maximum Gasteiger partial charge on any atom is 0.0250 e. The molecule has 0 spiro atoms. The van der Waals surface area contributed by atoms with Gasteiger partial charge in [-0.05, 0) is 26.0 Å². The van der Waals surface area contributed by atoms with Crippen molar-refractivity contribution in [1.82, 2.24) is 0 Å². The van der Waals surface area contributed by atoms with E-state index in [1.807, 2.05) is 12.2 Å². The Kier molecular flexibility index (Phi) is 5.93. The highest BCUT2D eigenvalue weighted by atomic mass is 14.4. The Hall–Kier alpha value is -1.15. The summed E-state index contributed by atoms with van der Waals surface area (Å²) in [6.07, 6.45) is 10.4. The second-order valence-electron chi connectivity index (χ2n) is 2.43. The molecular formula is C10H16N2. The summed E-state index contributed by atoms with van der Waals surface area (Å²) in [4.78, 5) is 0. The molecule has 0 aromatic carbocycles. The van der Waals surface area contributed by atoms with Crippen molar-refractivity contribution in [3.63, 3.8) is 0 Å². The van der Waals surface area contributed by atoms with Crippen LogP contribution in [-0.2, 0) is 0 Å². The van der Waals surface area contributed by atoms with E-state index in [4.69, 9.17) is 5.41 Å². The van der Waals surface area contributed by atoms with Gasteiger partial charge in [0.25, 0.3) is 0 Å². The molecule has 0 bridgehead atoms. The Labute approximate surface area is 74.0 Å². The van der Waals surface area contributed by atoms with Gasteiger partial charge < -0.3 is 11.1 Å². The fraction of sp³-hybridized carbons (Fsp3) is 0.300. The second kappa shape index (κ2) is 6.55. The van der Waals surface area contributed by atoms with Gasteiger partial charge in [-0.25, -0.2) is 0 Å². The molecule has 0 unspecified atom stereocenters. The smallest absolute Gasteiger partial charge is 0.0250 e. The Morgan fingerprint density at radius 1 is 1.42 bits per heavy atom. The minimum absolute atomic E-state index is 0.969. The summed E-state index contributed by atoms with van der Waals surface area (Å²) in [5.41, 5.74) is 6.81. The van der Waals surface area contributed by atoms with E-state index in [9.17, 15) is 0 Å². The van der Waals surface area contributed by atoms with Gasteiger partial charge in [0.2, 0.25) is 0 Å². The first-order valence-corrected chi connectivity index (χ1v) is 3.95. The molecular weight excluding hydrogens is 148 g/mol. The van der Waals surface area contributed by atoms with Crippen molar-refractivity contribution in [3.05, 3.63) is 35.5 Å². The maximum absolute atomic E-state index is 6.99. The van der Waals surface area contributed by atoms with Crippen LogP contribution in [0.25, 0.3) is 0 Å². The molecule has 66 valence electrons. The molecule has 1 aliphatic rings. The molecule has 0 saturated carbocycles. The van der Waals surface area contributed by atoms with Crippen molar-refractivity contribution < 1.29 is 0 Å². The van der Waals surface area contributed by atoms with Crippen LogP contribution in [0.2, 0.25) is 0 Å². The highest BCUT2D eigenvalue weighted by Gasteiger charge is 1.90. The third-order valence-corrected chi connectivity index (χ3v) is 1.48. The maximum atomic E-state index is 6.99. The zero-order valence-corrected chi connectivity index (χ0v) is 7.67. The Morgan fingerprint density at radius 2 is 2.08 bits per heavy atom. The van der Waals surface area contributed by atoms with Crippen LogP contribution in [0.4, 0.5) is 0 Å². The molecule has 0 saturated heterocycles. The fourth-order valence-electron chi connectivity index (χ4n) is 0.839. The molecule has 0 amide bonds. The van der Waals surface area contributed by atoms with Crippen molar-refractivity contribution >= 4 is 6.21 Å². The van der Waals surface area contributed by atoms with E-state index in [0.29, 0.717) is 0 Å². The van der Waals surface area contributed by atoms with Gasteiger partial charge in [-0.3, -0.25) is 0 Å². The SMILES string of the molecule is CC1=CC=C(C=N)C=CC1.CN. The molecule has 3 N–H and O–H groups in total. The third kappa shape index (κ3) is 3.88. The van der Waals surface area contributed by atoms with Crippen LogP contribution in [0.5, 0.6) is 0 Å². The van der Waals surface area contributed by atoms with Crippen molar-refractivity contribution in [3.8, 4) is 0 Å². The standard InChI is InChI=1S/C9H11N.CH5N/c1-8-3-2-4-9(7-10)6-5-8;1-2/h2,4-7,10H,3H2,1H3;2H2,1H3. The Morgan fingerprint density at radius 3 is 2.67 bits per heavy atom. The normalized spacial score (nSPS) is 14.9. The van der Waals surface area contributed by atoms with Gasteiger partial charge >= 0.3 is 0 Å². The molecule has 0 radical (unpaired) electrons. The highest BCUT2D eigenvalue weighted by Crippen LogP contribution is 2.08. The van der Waals surface area contributed by atoms with Crippen molar-refractivity contribution in [1.29, 1.82) is 5.41 Å². The monoisotopic (exact) mass is 164 g/mol. The highest BCUT2D eigenvalue weighted by molar-refractivity contribution is 5.80.